The molecule has 5 nitrogen and oxygen atoms in total. The standard InChI is InChI=1S/C26H48O5/c1-21(2,3)16-26(12,19(27)29-13)24(9,10)23(7,8)17-25(11,22(4,5)6)20(28)31-15-18-14-30-18/h18H,14-17H2,1-13H3. The Balaban J connectivity index is 3.39. The van der Waals surface area contributed by atoms with E-state index in [1.165, 1.54) is 7.11 Å². The fourth-order valence-electron chi connectivity index (χ4n) is 4.82. The third kappa shape index (κ3) is 5.83. The zero-order valence-corrected chi connectivity index (χ0v) is 22.4. The van der Waals surface area contributed by atoms with Gasteiger partial charge in [-0.1, -0.05) is 69.2 Å². The highest BCUT2D eigenvalue weighted by Gasteiger charge is 2.60. The summed E-state index contributed by atoms with van der Waals surface area (Å²) in [5.74, 6) is -0.401. The Bertz CT molecular complexity index is 660. The number of ether oxygens (including phenoxy) is 3. The molecule has 0 bridgehead atoms. The Morgan fingerprint density at radius 1 is 0.806 bits per heavy atom. The SMILES string of the molecule is COC(=O)C(C)(CC(C)(C)C)C(C)(C)C(C)(C)CC(C)(C(=O)OCC1CO1)C(C)(C)C. The summed E-state index contributed by atoms with van der Waals surface area (Å²) in [7, 11) is 1.46. The van der Waals surface area contributed by atoms with Crippen LogP contribution in [-0.2, 0) is 23.8 Å². The Hall–Kier alpha value is -1.10. The summed E-state index contributed by atoms with van der Waals surface area (Å²) in [6.07, 6.45) is 1.29. The molecular formula is C26H48O5. The smallest absolute Gasteiger partial charge is 0.312 e. The topological polar surface area (TPSA) is 65.1 Å². The van der Waals surface area contributed by atoms with Crippen LogP contribution in [0.4, 0.5) is 0 Å². The summed E-state index contributed by atoms with van der Waals surface area (Å²) in [5.41, 5.74) is -2.69. The van der Waals surface area contributed by atoms with Crippen molar-refractivity contribution in [3.05, 3.63) is 0 Å². The quantitative estimate of drug-likeness (QED) is 0.323. The molecule has 1 saturated heterocycles. The maximum absolute atomic E-state index is 13.3. The van der Waals surface area contributed by atoms with Gasteiger partial charge in [0.15, 0.2) is 0 Å². The number of carbonyl (C=O) groups excluding carboxylic acids is 2. The largest absolute Gasteiger partial charge is 0.469 e. The predicted molar refractivity (Wildman–Crippen MR) is 125 cm³/mol. The molecule has 1 aliphatic heterocycles. The third-order valence-corrected chi connectivity index (χ3v) is 8.30. The van der Waals surface area contributed by atoms with Gasteiger partial charge in [0.05, 0.1) is 24.5 Å². The van der Waals surface area contributed by atoms with E-state index in [0.717, 1.165) is 0 Å². The minimum absolute atomic E-state index is 0.0343. The molecule has 1 aliphatic rings. The highest BCUT2D eigenvalue weighted by atomic mass is 16.6. The number of epoxide rings is 1. The predicted octanol–water partition coefficient (Wildman–Crippen LogP) is 6.04. The van der Waals surface area contributed by atoms with E-state index in [0.29, 0.717) is 26.1 Å². The molecule has 0 N–H and O–H groups in total. The molecule has 31 heavy (non-hydrogen) atoms. The van der Waals surface area contributed by atoms with Gasteiger partial charge in [-0.15, -0.1) is 0 Å². The number of hydrogen-bond donors (Lipinski definition) is 0. The van der Waals surface area contributed by atoms with E-state index in [2.05, 4.69) is 69.2 Å². The van der Waals surface area contributed by atoms with E-state index >= 15 is 0 Å². The number of carbonyl (C=O) groups is 2. The minimum atomic E-state index is -0.735. The van der Waals surface area contributed by atoms with Gasteiger partial charge in [0.2, 0.25) is 0 Å². The summed E-state index contributed by atoms with van der Waals surface area (Å²) in [5, 5.41) is 0. The number of esters is 2. The van der Waals surface area contributed by atoms with Crippen LogP contribution in [0.2, 0.25) is 0 Å². The van der Waals surface area contributed by atoms with Crippen LogP contribution >= 0.6 is 0 Å². The average Bonchev–Trinajstić information content (AvgIpc) is 3.39. The maximum Gasteiger partial charge on any atom is 0.312 e. The van der Waals surface area contributed by atoms with Crippen LogP contribution in [0.3, 0.4) is 0 Å². The molecule has 0 aromatic heterocycles. The second kappa shape index (κ2) is 8.68. The van der Waals surface area contributed by atoms with Crippen molar-refractivity contribution < 1.29 is 23.8 Å². The lowest BCUT2D eigenvalue weighted by Gasteiger charge is -2.56. The van der Waals surface area contributed by atoms with Gasteiger partial charge in [0.25, 0.3) is 0 Å². The van der Waals surface area contributed by atoms with E-state index < -0.39 is 16.2 Å². The van der Waals surface area contributed by atoms with Crippen molar-refractivity contribution in [2.75, 3.05) is 20.3 Å². The zero-order chi connectivity index (χ0) is 24.7. The molecular weight excluding hydrogens is 392 g/mol. The van der Waals surface area contributed by atoms with E-state index in [1.54, 1.807) is 0 Å². The van der Waals surface area contributed by atoms with Gasteiger partial charge in [-0.2, -0.15) is 0 Å². The molecule has 182 valence electrons. The van der Waals surface area contributed by atoms with Crippen molar-refractivity contribution >= 4 is 11.9 Å². The molecule has 1 fully saturated rings. The molecule has 0 aliphatic carbocycles. The van der Waals surface area contributed by atoms with Crippen LogP contribution in [0.5, 0.6) is 0 Å². The number of hydrogen-bond acceptors (Lipinski definition) is 5. The highest BCUT2D eigenvalue weighted by Crippen LogP contribution is 2.61. The second-order valence-corrected chi connectivity index (χ2v) is 13.4. The lowest BCUT2D eigenvalue weighted by atomic mass is 9.47. The number of rotatable bonds is 9. The second-order valence-electron chi connectivity index (χ2n) is 13.4. The monoisotopic (exact) mass is 440 g/mol. The molecule has 3 atom stereocenters. The van der Waals surface area contributed by atoms with Crippen LogP contribution in [-0.4, -0.2) is 38.4 Å². The molecule has 0 spiro atoms. The van der Waals surface area contributed by atoms with Crippen LogP contribution in [0, 0.1) is 32.5 Å². The number of methoxy groups -OCH3 is 1. The zero-order valence-electron chi connectivity index (χ0n) is 22.4. The first-order chi connectivity index (χ1) is 13.6. The Labute approximate surface area is 191 Å². The first-order valence-electron chi connectivity index (χ1n) is 11.5. The molecule has 0 amide bonds. The lowest BCUT2D eigenvalue weighted by molar-refractivity contribution is -0.179. The van der Waals surface area contributed by atoms with E-state index in [1.807, 2.05) is 13.8 Å². The molecule has 0 radical (unpaired) electrons. The van der Waals surface area contributed by atoms with Crippen molar-refractivity contribution in [1.82, 2.24) is 0 Å². The average molecular weight is 441 g/mol. The van der Waals surface area contributed by atoms with Gasteiger partial charge in [0.1, 0.15) is 12.7 Å². The summed E-state index contributed by atoms with van der Waals surface area (Å²) in [6.45, 7) is 26.3. The normalized spacial score (nSPS) is 21.6. The van der Waals surface area contributed by atoms with Gasteiger partial charge in [-0.25, -0.2) is 0 Å². The van der Waals surface area contributed by atoms with Crippen LogP contribution in [0.25, 0.3) is 0 Å². The van der Waals surface area contributed by atoms with Crippen molar-refractivity contribution in [3.63, 3.8) is 0 Å². The molecule has 0 aromatic carbocycles. The maximum atomic E-state index is 13.3. The first-order valence-corrected chi connectivity index (χ1v) is 11.5. The minimum Gasteiger partial charge on any atom is -0.469 e. The van der Waals surface area contributed by atoms with Gasteiger partial charge >= 0.3 is 11.9 Å². The van der Waals surface area contributed by atoms with Gasteiger partial charge < -0.3 is 14.2 Å². The van der Waals surface area contributed by atoms with Gasteiger partial charge in [-0.05, 0) is 48.3 Å². The molecule has 1 heterocycles. The molecule has 1 rings (SSSR count). The van der Waals surface area contributed by atoms with Crippen molar-refractivity contribution in [3.8, 4) is 0 Å². The summed E-state index contributed by atoms with van der Waals surface area (Å²) >= 11 is 0. The Kier molecular flexibility index (Phi) is 7.82. The summed E-state index contributed by atoms with van der Waals surface area (Å²) in [4.78, 5) is 26.5. The van der Waals surface area contributed by atoms with E-state index in [-0.39, 0.29) is 34.3 Å². The first kappa shape index (κ1) is 27.9. The molecule has 3 unspecified atom stereocenters. The fourth-order valence-corrected chi connectivity index (χ4v) is 4.82. The molecule has 0 saturated carbocycles. The summed E-state index contributed by atoms with van der Waals surface area (Å²) in [6, 6.07) is 0. The molecule has 5 heteroatoms. The Morgan fingerprint density at radius 3 is 1.65 bits per heavy atom. The van der Waals surface area contributed by atoms with Crippen molar-refractivity contribution in [1.29, 1.82) is 0 Å². The molecule has 0 aromatic rings. The fraction of sp³-hybridized carbons (Fsp3) is 0.923. The summed E-state index contributed by atoms with van der Waals surface area (Å²) < 4.78 is 16.2. The van der Waals surface area contributed by atoms with Crippen molar-refractivity contribution in [2.45, 2.75) is 102 Å². The van der Waals surface area contributed by atoms with Crippen LogP contribution in [0.1, 0.15) is 95.9 Å². The third-order valence-electron chi connectivity index (χ3n) is 8.30. The Morgan fingerprint density at radius 2 is 1.29 bits per heavy atom. The van der Waals surface area contributed by atoms with E-state index in [9.17, 15) is 9.59 Å². The van der Waals surface area contributed by atoms with Crippen molar-refractivity contribution in [2.24, 2.45) is 32.5 Å². The highest BCUT2D eigenvalue weighted by molar-refractivity contribution is 5.78. The van der Waals surface area contributed by atoms with Gasteiger partial charge in [0, 0.05) is 0 Å². The lowest BCUT2D eigenvalue weighted by Crippen LogP contribution is -2.55. The van der Waals surface area contributed by atoms with Crippen LogP contribution in [0.15, 0.2) is 0 Å². The van der Waals surface area contributed by atoms with Gasteiger partial charge in [-0.3, -0.25) is 9.59 Å². The van der Waals surface area contributed by atoms with Crippen LogP contribution < -0.4 is 0 Å². The van der Waals surface area contributed by atoms with E-state index in [4.69, 9.17) is 14.2 Å².